The third-order valence-electron chi connectivity index (χ3n) is 7.27. The van der Waals surface area contributed by atoms with Crippen molar-refractivity contribution < 1.29 is 23.7 Å². The SMILES string of the molecule is CCCCC1(CCCC)OB(c2ccc(Nc3ccc(OC)cc3)cc2)N(c2c(OC)cccc2OC)C1=O. The van der Waals surface area contributed by atoms with Gasteiger partial charge in [-0.2, -0.15) is 0 Å². The lowest BCUT2D eigenvalue weighted by atomic mass is 9.71. The lowest BCUT2D eigenvalue weighted by Crippen LogP contribution is -2.47. The predicted molar refractivity (Wildman–Crippen MR) is 158 cm³/mol. The Bertz CT molecular complexity index is 1200. The largest absolute Gasteiger partial charge is 0.497 e. The summed E-state index contributed by atoms with van der Waals surface area (Å²) >= 11 is 0. The number of nitrogens with one attached hydrogen (secondary N) is 1. The Balaban J connectivity index is 1.73. The summed E-state index contributed by atoms with van der Waals surface area (Å²) in [4.78, 5) is 16.1. The smallest absolute Gasteiger partial charge is 0.460 e. The summed E-state index contributed by atoms with van der Waals surface area (Å²) in [5.74, 6) is 1.89. The molecule has 1 amide bonds. The van der Waals surface area contributed by atoms with Gasteiger partial charge in [-0.15, -0.1) is 0 Å². The third-order valence-corrected chi connectivity index (χ3v) is 7.27. The number of carbonyl (C=O) groups is 1. The molecule has 8 heteroatoms. The zero-order chi connectivity index (χ0) is 27.8. The van der Waals surface area contributed by atoms with Gasteiger partial charge in [0, 0.05) is 11.4 Å². The van der Waals surface area contributed by atoms with Gasteiger partial charge in [0.25, 0.3) is 0 Å². The third kappa shape index (κ3) is 6.01. The van der Waals surface area contributed by atoms with Crippen LogP contribution < -0.4 is 29.8 Å². The summed E-state index contributed by atoms with van der Waals surface area (Å²) < 4.78 is 23.5. The van der Waals surface area contributed by atoms with Gasteiger partial charge in [-0.1, -0.05) is 57.7 Å². The summed E-state index contributed by atoms with van der Waals surface area (Å²) in [6.07, 6.45) is 5.12. The van der Waals surface area contributed by atoms with E-state index >= 15 is 0 Å². The van der Waals surface area contributed by atoms with Gasteiger partial charge < -0.3 is 29.0 Å². The Kier molecular flexibility index (Phi) is 9.41. The van der Waals surface area contributed by atoms with E-state index in [1.165, 1.54) is 0 Å². The monoisotopic (exact) mass is 530 g/mol. The van der Waals surface area contributed by atoms with Crippen LogP contribution in [0.4, 0.5) is 17.1 Å². The number of anilines is 3. The molecule has 0 bridgehead atoms. The molecule has 0 aliphatic carbocycles. The van der Waals surface area contributed by atoms with Gasteiger partial charge in [-0.25, -0.2) is 0 Å². The summed E-state index contributed by atoms with van der Waals surface area (Å²) in [5.41, 5.74) is 2.45. The second kappa shape index (κ2) is 12.9. The predicted octanol–water partition coefficient (Wildman–Crippen LogP) is 6.33. The van der Waals surface area contributed by atoms with E-state index in [9.17, 15) is 4.79 Å². The maximum atomic E-state index is 14.4. The molecule has 1 aliphatic heterocycles. The molecule has 4 rings (SSSR count). The number of carbonyl (C=O) groups excluding carboxylic acids is 1. The summed E-state index contributed by atoms with van der Waals surface area (Å²) in [5, 5.41) is 3.42. The number of benzene rings is 3. The normalized spacial score (nSPS) is 14.4. The molecule has 0 atom stereocenters. The molecule has 1 N–H and O–H groups in total. The fourth-order valence-electron chi connectivity index (χ4n) is 5.10. The van der Waals surface area contributed by atoms with Crippen molar-refractivity contribution in [1.29, 1.82) is 0 Å². The number of amides is 1. The van der Waals surface area contributed by atoms with E-state index in [1.807, 2.05) is 66.7 Å². The van der Waals surface area contributed by atoms with Crippen molar-refractivity contribution in [2.75, 3.05) is 31.5 Å². The number of unbranched alkanes of at least 4 members (excludes halogenated alkanes) is 2. The zero-order valence-electron chi connectivity index (χ0n) is 23.7. The molecule has 1 aliphatic rings. The molecular formula is C31H39BN2O5. The average molecular weight is 530 g/mol. The van der Waals surface area contributed by atoms with Gasteiger partial charge >= 0.3 is 7.05 Å². The molecule has 1 fully saturated rings. The van der Waals surface area contributed by atoms with E-state index < -0.39 is 12.7 Å². The maximum absolute atomic E-state index is 14.4. The highest BCUT2D eigenvalue weighted by molar-refractivity contribution is 6.77. The molecule has 0 saturated carbocycles. The van der Waals surface area contributed by atoms with Crippen LogP contribution in [0.15, 0.2) is 66.7 Å². The van der Waals surface area contributed by atoms with E-state index in [1.54, 1.807) is 26.1 Å². The highest BCUT2D eigenvalue weighted by atomic mass is 16.5. The van der Waals surface area contributed by atoms with Gasteiger partial charge in [0.05, 0.1) is 21.3 Å². The maximum Gasteiger partial charge on any atom is 0.460 e. The summed E-state index contributed by atoms with van der Waals surface area (Å²) in [6.45, 7) is 4.28. The van der Waals surface area contributed by atoms with Crippen LogP contribution in [0.2, 0.25) is 0 Å². The number of hydrogen-bond donors (Lipinski definition) is 1. The highest BCUT2D eigenvalue weighted by Crippen LogP contribution is 2.45. The van der Waals surface area contributed by atoms with Crippen LogP contribution in [-0.4, -0.2) is 39.9 Å². The minimum Gasteiger partial charge on any atom is -0.497 e. The van der Waals surface area contributed by atoms with Crippen LogP contribution in [0.5, 0.6) is 17.2 Å². The van der Waals surface area contributed by atoms with Crippen LogP contribution in [0.1, 0.15) is 52.4 Å². The van der Waals surface area contributed by atoms with Crippen LogP contribution >= 0.6 is 0 Å². The van der Waals surface area contributed by atoms with Crippen molar-refractivity contribution in [3.05, 3.63) is 66.7 Å². The van der Waals surface area contributed by atoms with Gasteiger partial charge in [0.2, 0.25) is 5.91 Å². The first kappa shape index (κ1) is 28.4. The second-order valence-electron chi connectivity index (χ2n) is 9.83. The first-order valence-corrected chi connectivity index (χ1v) is 13.7. The van der Waals surface area contributed by atoms with Crippen LogP contribution in [0.25, 0.3) is 0 Å². The fraction of sp³-hybridized carbons (Fsp3) is 0.387. The van der Waals surface area contributed by atoms with Crippen molar-refractivity contribution in [3.63, 3.8) is 0 Å². The molecule has 0 radical (unpaired) electrons. The first-order valence-electron chi connectivity index (χ1n) is 13.7. The van der Waals surface area contributed by atoms with E-state index in [4.69, 9.17) is 18.9 Å². The summed E-state index contributed by atoms with van der Waals surface area (Å²) in [6, 6.07) is 21.4. The molecule has 0 aromatic heterocycles. The van der Waals surface area contributed by atoms with Gasteiger partial charge in [-0.05, 0) is 66.8 Å². The zero-order valence-corrected chi connectivity index (χ0v) is 23.7. The Morgan fingerprint density at radius 2 is 1.33 bits per heavy atom. The Hall–Kier alpha value is -3.65. The minimum atomic E-state index is -0.900. The number of hydrogen-bond acceptors (Lipinski definition) is 6. The van der Waals surface area contributed by atoms with Crippen molar-refractivity contribution in [2.24, 2.45) is 0 Å². The quantitative estimate of drug-likeness (QED) is 0.261. The van der Waals surface area contributed by atoms with Crippen molar-refractivity contribution in [1.82, 2.24) is 0 Å². The van der Waals surface area contributed by atoms with Gasteiger partial charge in [0.15, 0.2) is 0 Å². The average Bonchev–Trinajstić information content (AvgIpc) is 3.26. The van der Waals surface area contributed by atoms with Crippen LogP contribution in [0, 0.1) is 0 Å². The number of rotatable bonds is 13. The molecule has 7 nitrogen and oxygen atoms in total. The minimum absolute atomic E-state index is 0.0439. The molecule has 0 unspecified atom stereocenters. The number of nitrogens with zero attached hydrogens (tertiary/aromatic N) is 1. The van der Waals surface area contributed by atoms with Crippen LogP contribution in [-0.2, 0) is 9.45 Å². The fourth-order valence-corrected chi connectivity index (χ4v) is 5.10. The Morgan fingerprint density at radius 1 is 0.795 bits per heavy atom. The van der Waals surface area contributed by atoms with E-state index in [0.717, 1.165) is 48.3 Å². The molecule has 206 valence electrons. The molecule has 3 aromatic rings. The number of para-hydroxylation sites is 1. The Morgan fingerprint density at radius 3 is 1.82 bits per heavy atom. The highest BCUT2D eigenvalue weighted by Gasteiger charge is 2.56. The summed E-state index contributed by atoms with van der Waals surface area (Å²) in [7, 11) is 4.25. The molecule has 3 aromatic carbocycles. The molecule has 1 heterocycles. The number of methoxy groups -OCH3 is 3. The van der Waals surface area contributed by atoms with Gasteiger partial charge in [0.1, 0.15) is 28.5 Å². The molecular weight excluding hydrogens is 491 g/mol. The van der Waals surface area contributed by atoms with Crippen LogP contribution in [0.3, 0.4) is 0 Å². The lowest BCUT2D eigenvalue weighted by Gasteiger charge is -2.28. The Labute approximate surface area is 232 Å². The van der Waals surface area contributed by atoms with Crippen molar-refractivity contribution >= 4 is 35.5 Å². The van der Waals surface area contributed by atoms with Crippen molar-refractivity contribution in [2.45, 2.75) is 58.0 Å². The standard InChI is InChI=1S/C31H39BN2O5/c1-6-8-21-31(22-9-7-2)30(35)34(29-27(37-4)11-10-12-28(29)38-5)32(39-31)23-13-15-24(16-14-23)33-25-17-19-26(36-3)20-18-25/h10-20,33H,6-9,21-22H2,1-5H3. The number of ether oxygens (including phenoxy) is 3. The van der Waals surface area contributed by atoms with Gasteiger partial charge in [-0.3, -0.25) is 4.79 Å². The second-order valence-corrected chi connectivity index (χ2v) is 9.83. The molecule has 0 spiro atoms. The lowest BCUT2D eigenvalue weighted by molar-refractivity contribution is -0.130. The first-order chi connectivity index (χ1) is 19.0. The van der Waals surface area contributed by atoms with E-state index in [0.29, 0.717) is 30.0 Å². The van der Waals surface area contributed by atoms with E-state index in [2.05, 4.69) is 19.2 Å². The molecule has 39 heavy (non-hydrogen) atoms. The molecule has 1 saturated heterocycles. The van der Waals surface area contributed by atoms with Crippen molar-refractivity contribution in [3.8, 4) is 17.2 Å². The van der Waals surface area contributed by atoms with E-state index in [-0.39, 0.29) is 5.91 Å². The topological polar surface area (TPSA) is 69.3 Å².